The summed E-state index contributed by atoms with van der Waals surface area (Å²) in [5, 5.41) is 6.25. The second-order valence-electron chi connectivity index (χ2n) is 6.13. The first kappa shape index (κ1) is 18.9. The molecule has 1 saturated carbocycles. The van der Waals surface area contributed by atoms with Gasteiger partial charge in [-0.2, -0.15) is 0 Å². The molecule has 2 N–H and O–H groups in total. The summed E-state index contributed by atoms with van der Waals surface area (Å²) in [6.45, 7) is 1.96. The van der Waals surface area contributed by atoms with Crippen LogP contribution in [0, 0.1) is 0 Å². The van der Waals surface area contributed by atoms with E-state index in [-0.39, 0.29) is 18.0 Å². The number of methoxy groups -OCH3 is 1. The number of nitrogens with one attached hydrogen (secondary N) is 2. The lowest BCUT2D eigenvalue weighted by Crippen LogP contribution is -2.45. The summed E-state index contributed by atoms with van der Waals surface area (Å²) in [6, 6.07) is -0.0540. The highest BCUT2D eigenvalue weighted by Crippen LogP contribution is 2.18. The van der Waals surface area contributed by atoms with Gasteiger partial charge in [0.25, 0.3) is 0 Å². The first-order valence-electron chi connectivity index (χ1n) is 8.77. The predicted molar refractivity (Wildman–Crippen MR) is 95.8 cm³/mol. The Morgan fingerprint density at radius 3 is 2.64 bits per heavy atom. The van der Waals surface area contributed by atoms with E-state index in [9.17, 15) is 9.59 Å². The molecule has 1 atom stereocenters. The molecule has 0 saturated heterocycles. The van der Waals surface area contributed by atoms with Gasteiger partial charge in [0.15, 0.2) is 0 Å². The third-order valence-corrected chi connectivity index (χ3v) is 4.26. The lowest BCUT2D eigenvalue weighted by atomic mass is 9.95. The first-order chi connectivity index (χ1) is 12.1. The number of carbonyl (C=O) groups is 2. The van der Waals surface area contributed by atoms with Crippen molar-refractivity contribution in [1.82, 2.24) is 15.3 Å². The second-order valence-corrected chi connectivity index (χ2v) is 6.13. The molecule has 7 nitrogen and oxygen atoms in total. The van der Waals surface area contributed by atoms with Crippen LogP contribution in [-0.2, 0) is 14.3 Å². The zero-order chi connectivity index (χ0) is 18.1. The Morgan fingerprint density at radius 1 is 1.28 bits per heavy atom. The van der Waals surface area contributed by atoms with Crippen molar-refractivity contribution in [3.8, 4) is 0 Å². The number of aromatic nitrogens is 2. The molecule has 0 unspecified atom stereocenters. The van der Waals surface area contributed by atoms with Crippen LogP contribution >= 0.6 is 0 Å². The monoisotopic (exact) mass is 346 g/mol. The molecule has 25 heavy (non-hydrogen) atoms. The fourth-order valence-electron chi connectivity index (χ4n) is 2.80. The number of ether oxygens (including phenoxy) is 1. The molecule has 1 fully saturated rings. The molecule has 0 bridgehead atoms. The standard InChI is InChI=1S/C18H26N4O3/c1-3-15(18(24)21-13-7-5-4-6-8-13)22-16-12-19-14(11-20-16)9-10-17(23)25-2/h9-13,15H,3-8H2,1-2H3,(H,20,22)(H,21,24)/t15-/m1/s1. The van der Waals surface area contributed by atoms with E-state index < -0.39 is 5.97 Å². The van der Waals surface area contributed by atoms with E-state index in [4.69, 9.17) is 0 Å². The average Bonchev–Trinajstić information content (AvgIpc) is 2.65. The number of nitrogens with zero attached hydrogens (tertiary/aromatic N) is 2. The van der Waals surface area contributed by atoms with Crippen molar-refractivity contribution in [2.45, 2.75) is 57.5 Å². The average molecular weight is 346 g/mol. The molecule has 1 aromatic rings. The van der Waals surface area contributed by atoms with Crippen LogP contribution in [0.2, 0.25) is 0 Å². The number of amides is 1. The van der Waals surface area contributed by atoms with Crippen LogP contribution in [0.5, 0.6) is 0 Å². The molecular weight excluding hydrogens is 320 g/mol. The van der Waals surface area contributed by atoms with Crippen molar-refractivity contribution < 1.29 is 14.3 Å². The minimum atomic E-state index is -0.450. The van der Waals surface area contributed by atoms with E-state index in [1.165, 1.54) is 44.7 Å². The van der Waals surface area contributed by atoms with E-state index in [0.29, 0.717) is 17.9 Å². The molecule has 1 amide bonds. The largest absolute Gasteiger partial charge is 0.466 e. The van der Waals surface area contributed by atoms with Gasteiger partial charge in [-0.25, -0.2) is 9.78 Å². The van der Waals surface area contributed by atoms with E-state index >= 15 is 0 Å². The Balaban J connectivity index is 1.90. The highest BCUT2D eigenvalue weighted by molar-refractivity contribution is 5.86. The van der Waals surface area contributed by atoms with Gasteiger partial charge >= 0.3 is 5.97 Å². The topological polar surface area (TPSA) is 93.2 Å². The maximum atomic E-state index is 12.4. The Labute approximate surface area is 148 Å². The predicted octanol–water partition coefficient (Wildman–Crippen LogP) is 2.30. The normalized spacial score (nSPS) is 16.4. The van der Waals surface area contributed by atoms with E-state index in [2.05, 4.69) is 25.3 Å². The van der Waals surface area contributed by atoms with Crippen LogP contribution in [0.4, 0.5) is 5.82 Å². The summed E-state index contributed by atoms with van der Waals surface area (Å²) in [5.41, 5.74) is 0.538. The van der Waals surface area contributed by atoms with Gasteiger partial charge in [0.2, 0.25) is 5.91 Å². The summed E-state index contributed by atoms with van der Waals surface area (Å²) >= 11 is 0. The molecule has 1 aromatic heterocycles. The van der Waals surface area contributed by atoms with Crippen LogP contribution in [0.1, 0.15) is 51.1 Å². The lowest BCUT2D eigenvalue weighted by molar-refractivity contribution is -0.134. The maximum Gasteiger partial charge on any atom is 0.330 e. The molecular formula is C18H26N4O3. The summed E-state index contributed by atoms with van der Waals surface area (Å²) in [5.74, 6) is 0.0844. The van der Waals surface area contributed by atoms with Crippen molar-refractivity contribution in [2.75, 3.05) is 12.4 Å². The van der Waals surface area contributed by atoms with Crippen LogP contribution in [-0.4, -0.2) is 41.0 Å². The number of carbonyl (C=O) groups excluding carboxylic acids is 2. The molecule has 0 aromatic carbocycles. The lowest BCUT2D eigenvalue weighted by Gasteiger charge is -2.25. The summed E-state index contributed by atoms with van der Waals surface area (Å²) in [4.78, 5) is 31.9. The summed E-state index contributed by atoms with van der Waals surface area (Å²) < 4.78 is 4.52. The van der Waals surface area contributed by atoms with Crippen molar-refractivity contribution in [3.05, 3.63) is 24.2 Å². The number of anilines is 1. The first-order valence-corrected chi connectivity index (χ1v) is 8.77. The Morgan fingerprint density at radius 2 is 2.04 bits per heavy atom. The molecule has 2 rings (SSSR count). The minimum Gasteiger partial charge on any atom is -0.466 e. The SMILES string of the molecule is CC[C@@H](Nc1cnc(C=CC(=O)OC)cn1)C(=O)NC1CCCCC1. The Kier molecular flexibility index (Phi) is 7.37. The van der Waals surface area contributed by atoms with Gasteiger partial charge in [-0.05, 0) is 25.3 Å². The van der Waals surface area contributed by atoms with Crippen molar-refractivity contribution >= 4 is 23.8 Å². The third-order valence-electron chi connectivity index (χ3n) is 4.26. The van der Waals surface area contributed by atoms with Crippen molar-refractivity contribution in [3.63, 3.8) is 0 Å². The quantitative estimate of drug-likeness (QED) is 0.581. The zero-order valence-corrected chi connectivity index (χ0v) is 14.8. The van der Waals surface area contributed by atoms with E-state index in [1.807, 2.05) is 6.92 Å². The smallest absolute Gasteiger partial charge is 0.330 e. The van der Waals surface area contributed by atoms with Gasteiger partial charge in [-0.15, -0.1) is 0 Å². The van der Waals surface area contributed by atoms with Gasteiger partial charge < -0.3 is 15.4 Å². The molecule has 0 spiro atoms. The number of rotatable bonds is 7. The molecule has 1 heterocycles. The highest BCUT2D eigenvalue weighted by atomic mass is 16.5. The second kappa shape index (κ2) is 9.76. The van der Waals surface area contributed by atoms with E-state index in [0.717, 1.165) is 12.8 Å². The Bertz CT molecular complexity index is 595. The number of hydrogen-bond acceptors (Lipinski definition) is 6. The summed E-state index contributed by atoms with van der Waals surface area (Å²) in [7, 11) is 1.31. The third kappa shape index (κ3) is 6.17. The van der Waals surface area contributed by atoms with Crippen molar-refractivity contribution in [2.24, 2.45) is 0 Å². The van der Waals surface area contributed by atoms with Crippen LogP contribution in [0.25, 0.3) is 6.08 Å². The molecule has 7 heteroatoms. The zero-order valence-electron chi connectivity index (χ0n) is 14.8. The van der Waals surface area contributed by atoms with Crippen LogP contribution in [0.3, 0.4) is 0 Å². The Hall–Kier alpha value is -2.44. The van der Waals surface area contributed by atoms with Crippen molar-refractivity contribution in [1.29, 1.82) is 0 Å². The van der Waals surface area contributed by atoms with E-state index in [1.54, 1.807) is 6.20 Å². The number of hydrogen-bond donors (Lipinski definition) is 2. The fraction of sp³-hybridized carbons (Fsp3) is 0.556. The minimum absolute atomic E-state index is 0.00543. The molecule has 1 aliphatic rings. The molecule has 0 aliphatic heterocycles. The maximum absolute atomic E-state index is 12.4. The van der Waals surface area contributed by atoms with Gasteiger partial charge in [-0.1, -0.05) is 26.2 Å². The van der Waals surface area contributed by atoms with Gasteiger partial charge in [0.1, 0.15) is 11.9 Å². The van der Waals surface area contributed by atoms with Gasteiger partial charge in [0, 0.05) is 12.1 Å². The molecule has 136 valence electrons. The van der Waals surface area contributed by atoms with Crippen LogP contribution in [0.15, 0.2) is 18.5 Å². The fourth-order valence-corrected chi connectivity index (χ4v) is 2.80. The van der Waals surface area contributed by atoms with Gasteiger partial charge in [0.05, 0.1) is 25.2 Å². The molecule has 0 radical (unpaired) electrons. The van der Waals surface area contributed by atoms with Gasteiger partial charge in [-0.3, -0.25) is 9.78 Å². The summed E-state index contributed by atoms with van der Waals surface area (Å²) in [6.07, 6.45) is 12.3. The molecule has 1 aliphatic carbocycles. The highest BCUT2D eigenvalue weighted by Gasteiger charge is 2.21. The van der Waals surface area contributed by atoms with Crippen LogP contribution < -0.4 is 10.6 Å². The number of esters is 1.